The van der Waals surface area contributed by atoms with Crippen LogP contribution in [0.2, 0.25) is 5.02 Å². The maximum atomic E-state index is 13.3. The summed E-state index contributed by atoms with van der Waals surface area (Å²) in [7, 11) is 3.07. The monoisotopic (exact) mass is 460 g/mol. The van der Waals surface area contributed by atoms with Gasteiger partial charge in [0.25, 0.3) is 5.91 Å². The highest BCUT2D eigenvalue weighted by Crippen LogP contribution is 2.36. The zero-order valence-electron chi connectivity index (χ0n) is 18.7. The number of aryl methyl sites for hydroxylation is 1. The predicted octanol–water partition coefficient (Wildman–Crippen LogP) is 3.84. The first kappa shape index (κ1) is 23.7. The molecule has 7 nitrogen and oxygen atoms in total. The molecule has 0 aliphatic carbocycles. The predicted molar refractivity (Wildman–Crippen MR) is 123 cm³/mol. The number of primary amides is 1. The molecule has 0 aromatic heterocycles. The fourth-order valence-electron chi connectivity index (χ4n) is 4.16. The molecule has 172 valence electrons. The van der Waals surface area contributed by atoms with Gasteiger partial charge in [-0.05, 0) is 61.7 Å². The topological polar surface area (TPSA) is 91.1 Å². The smallest absolute Gasteiger partial charge is 0.254 e. The van der Waals surface area contributed by atoms with Gasteiger partial charge in [0.15, 0.2) is 11.5 Å². The number of methoxy groups -OCH3 is 2. The second-order valence-corrected chi connectivity index (χ2v) is 8.65. The van der Waals surface area contributed by atoms with E-state index in [4.69, 9.17) is 31.5 Å². The first-order valence-electron chi connectivity index (χ1n) is 10.5. The van der Waals surface area contributed by atoms with Crippen molar-refractivity contribution in [3.63, 3.8) is 0 Å². The van der Waals surface area contributed by atoms with Gasteiger partial charge >= 0.3 is 0 Å². The van der Waals surface area contributed by atoms with Crippen molar-refractivity contribution < 1.29 is 23.8 Å². The second-order valence-electron chi connectivity index (χ2n) is 8.24. The number of hydrogen-bond donors (Lipinski definition) is 1. The molecule has 1 saturated heterocycles. The van der Waals surface area contributed by atoms with Crippen molar-refractivity contribution in [1.29, 1.82) is 0 Å². The number of nitrogens with two attached hydrogens (primary N) is 1. The molecule has 8 heteroatoms. The van der Waals surface area contributed by atoms with Crippen molar-refractivity contribution in [1.82, 2.24) is 4.90 Å². The Morgan fingerprint density at radius 2 is 1.88 bits per heavy atom. The van der Waals surface area contributed by atoms with Crippen LogP contribution < -0.4 is 19.9 Å². The molecular formula is C24H29ClN2O5. The van der Waals surface area contributed by atoms with Crippen LogP contribution in [-0.2, 0) is 4.79 Å². The van der Waals surface area contributed by atoms with E-state index in [0.717, 1.165) is 18.4 Å². The zero-order chi connectivity index (χ0) is 23.3. The normalized spacial score (nSPS) is 18.2. The molecule has 3 rings (SSSR count). The van der Waals surface area contributed by atoms with E-state index in [1.165, 1.54) is 7.11 Å². The summed E-state index contributed by atoms with van der Waals surface area (Å²) in [5.74, 6) is 1.15. The average Bonchev–Trinajstić information content (AvgIpc) is 2.78. The highest BCUT2D eigenvalue weighted by Gasteiger charge is 2.39. The van der Waals surface area contributed by atoms with Gasteiger partial charge in [-0.25, -0.2) is 0 Å². The lowest BCUT2D eigenvalue weighted by Gasteiger charge is -2.42. The fourth-order valence-corrected chi connectivity index (χ4v) is 4.28. The molecule has 2 N–H and O–H groups in total. The van der Waals surface area contributed by atoms with Crippen LogP contribution in [0.3, 0.4) is 0 Å². The lowest BCUT2D eigenvalue weighted by atomic mass is 9.77. The Bertz CT molecular complexity index is 996. The van der Waals surface area contributed by atoms with Crippen LogP contribution in [0.15, 0.2) is 36.4 Å². The van der Waals surface area contributed by atoms with Crippen molar-refractivity contribution >= 4 is 23.4 Å². The number of halogens is 1. The molecule has 0 bridgehead atoms. The molecule has 2 amide bonds. The molecule has 0 radical (unpaired) electrons. The van der Waals surface area contributed by atoms with E-state index in [-0.39, 0.29) is 18.9 Å². The van der Waals surface area contributed by atoms with Gasteiger partial charge in [-0.3, -0.25) is 9.59 Å². The minimum absolute atomic E-state index is 0.134. The van der Waals surface area contributed by atoms with Gasteiger partial charge < -0.3 is 24.8 Å². The van der Waals surface area contributed by atoms with Crippen LogP contribution in [0.1, 0.15) is 35.2 Å². The lowest BCUT2D eigenvalue weighted by molar-refractivity contribution is -0.122. The van der Waals surface area contributed by atoms with Crippen LogP contribution in [0.25, 0.3) is 0 Å². The molecule has 1 fully saturated rings. The van der Waals surface area contributed by atoms with Gasteiger partial charge in [-0.2, -0.15) is 0 Å². The molecule has 0 unspecified atom stereocenters. The van der Waals surface area contributed by atoms with Crippen molar-refractivity contribution in [3.8, 4) is 17.2 Å². The third-order valence-corrected chi connectivity index (χ3v) is 6.23. The SMILES string of the molecule is COc1ccc(C(=O)N2CCC[C@](COc3ccc(Cl)c(C)c3)(CC(N)=O)C2)cc1OC. The van der Waals surface area contributed by atoms with Crippen molar-refractivity contribution in [3.05, 3.63) is 52.5 Å². The van der Waals surface area contributed by atoms with E-state index in [1.807, 2.05) is 13.0 Å². The van der Waals surface area contributed by atoms with Crippen molar-refractivity contribution in [2.75, 3.05) is 33.9 Å². The van der Waals surface area contributed by atoms with E-state index in [0.29, 0.717) is 40.9 Å². The summed E-state index contributed by atoms with van der Waals surface area (Å²) < 4.78 is 16.6. The first-order valence-corrected chi connectivity index (χ1v) is 10.8. The van der Waals surface area contributed by atoms with E-state index < -0.39 is 11.3 Å². The molecular weight excluding hydrogens is 432 g/mol. The van der Waals surface area contributed by atoms with E-state index in [2.05, 4.69) is 0 Å². The van der Waals surface area contributed by atoms with Crippen LogP contribution >= 0.6 is 11.6 Å². The summed E-state index contributed by atoms with van der Waals surface area (Å²) in [6.07, 6.45) is 1.61. The van der Waals surface area contributed by atoms with Crippen LogP contribution in [0.5, 0.6) is 17.2 Å². The number of carbonyl (C=O) groups is 2. The summed E-state index contributed by atoms with van der Waals surface area (Å²) in [5, 5.41) is 0.661. The molecule has 2 aromatic carbocycles. The third-order valence-electron chi connectivity index (χ3n) is 5.80. The minimum atomic E-state index is -0.566. The summed E-state index contributed by atoms with van der Waals surface area (Å²) in [5.41, 5.74) is 6.41. The van der Waals surface area contributed by atoms with Gasteiger partial charge in [0.1, 0.15) is 5.75 Å². The van der Waals surface area contributed by atoms with Crippen LogP contribution in [0, 0.1) is 12.3 Å². The molecule has 32 heavy (non-hydrogen) atoms. The Labute approximate surface area is 193 Å². The summed E-state index contributed by atoms with van der Waals surface area (Å²) in [6.45, 7) is 3.13. The Morgan fingerprint density at radius 1 is 1.12 bits per heavy atom. The maximum Gasteiger partial charge on any atom is 0.254 e. The van der Waals surface area contributed by atoms with E-state index in [9.17, 15) is 9.59 Å². The maximum absolute atomic E-state index is 13.3. The van der Waals surface area contributed by atoms with Gasteiger partial charge in [0, 0.05) is 35.5 Å². The fraction of sp³-hybridized carbons (Fsp3) is 0.417. The Morgan fingerprint density at radius 3 is 2.53 bits per heavy atom. The van der Waals surface area contributed by atoms with E-state index >= 15 is 0 Å². The number of carbonyl (C=O) groups excluding carboxylic acids is 2. The van der Waals surface area contributed by atoms with Crippen molar-refractivity contribution in [2.24, 2.45) is 11.1 Å². The Balaban J connectivity index is 1.79. The number of amides is 2. The molecule has 1 aliphatic heterocycles. The summed E-state index contributed by atoms with van der Waals surface area (Å²) >= 11 is 6.10. The molecule has 2 aromatic rings. The summed E-state index contributed by atoms with van der Waals surface area (Å²) in [6, 6.07) is 10.5. The largest absolute Gasteiger partial charge is 0.493 e. The molecule has 0 spiro atoms. The van der Waals surface area contributed by atoms with Gasteiger partial charge in [0.2, 0.25) is 5.91 Å². The molecule has 1 aliphatic rings. The first-order chi connectivity index (χ1) is 15.3. The van der Waals surface area contributed by atoms with Crippen molar-refractivity contribution in [2.45, 2.75) is 26.2 Å². The molecule has 0 saturated carbocycles. The average molecular weight is 461 g/mol. The number of benzene rings is 2. The number of likely N-dealkylation sites (tertiary alicyclic amines) is 1. The molecule has 1 heterocycles. The van der Waals surface area contributed by atoms with Gasteiger partial charge in [-0.1, -0.05) is 11.6 Å². The van der Waals surface area contributed by atoms with E-state index in [1.54, 1.807) is 42.3 Å². The lowest BCUT2D eigenvalue weighted by Crippen LogP contribution is -2.50. The number of rotatable bonds is 8. The second kappa shape index (κ2) is 10.1. The Hall–Kier alpha value is -2.93. The number of piperidine rings is 1. The quantitative estimate of drug-likeness (QED) is 0.646. The Kier molecular flexibility index (Phi) is 7.51. The third kappa shape index (κ3) is 5.46. The molecule has 1 atom stereocenters. The number of hydrogen-bond acceptors (Lipinski definition) is 5. The number of nitrogens with zero attached hydrogens (tertiary/aromatic N) is 1. The van der Waals surface area contributed by atoms with Gasteiger partial charge in [0.05, 0.1) is 20.8 Å². The zero-order valence-corrected chi connectivity index (χ0v) is 19.4. The number of ether oxygens (including phenoxy) is 3. The highest BCUT2D eigenvalue weighted by molar-refractivity contribution is 6.31. The standard InChI is InChI=1S/C24H29ClN2O5/c1-16-11-18(6-7-19(16)25)32-15-24(13-22(26)28)9-4-10-27(14-24)23(29)17-5-8-20(30-2)21(12-17)31-3/h5-8,11-12H,4,9-10,13-15H2,1-3H3,(H2,26,28)/t24-/m0/s1. The van der Waals surface area contributed by atoms with Gasteiger partial charge in [-0.15, -0.1) is 0 Å². The highest BCUT2D eigenvalue weighted by atomic mass is 35.5. The van der Waals surface area contributed by atoms with Crippen LogP contribution in [0.4, 0.5) is 0 Å². The minimum Gasteiger partial charge on any atom is -0.493 e. The summed E-state index contributed by atoms with van der Waals surface area (Å²) in [4.78, 5) is 26.9. The van der Waals surface area contributed by atoms with Crippen LogP contribution in [-0.4, -0.2) is 50.6 Å².